The molecule has 4 rings (SSSR count). The van der Waals surface area contributed by atoms with Crippen LogP contribution in [0.2, 0.25) is 0 Å². The fraction of sp³-hybridized carbons (Fsp3) is 0.346. The number of alkyl halides is 6. The molecule has 1 saturated heterocycles. The summed E-state index contributed by atoms with van der Waals surface area (Å²) in [7, 11) is -1.77. The fourth-order valence-corrected chi connectivity index (χ4v) is 5.91. The quantitative estimate of drug-likeness (QED) is 0.321. The molecule has 0 radical (unpaired) electrons. The van der Waals surface area contributed by atoms with Gasteiger partial charge in [-0.2, -0.15) is 14.3 Å². The predicted molar refractivity (Wildman–Crippen MR) is 143 cm³/mol. The number of hydrogen-bond acceptors (Lipinski definition) is 10. The van der Waals surface area contributed by atoms with Gasteiger partial charge >= 0.3 is 18.7 Å². The summed E-state index contributed by atoms with van der Waals surface area (Å²) < 4.78 is 121. The number of rotatable bonds is 10. The number of amides is 1. The molecule has 1 fully saturated rings. The molecule has 2 aromatic carbocycles. The summed E-state index contributed by atoms with van der Waals surface area (Å²) >= 11 is 0. The molecule has 1 aromatic heterocycles. The number of halogens is 6. The largest absolute Gasteiger partial charge is 0.573 e. The number of sulfonamides is 1. The molecule has 0 saturated carbocycles. The van der Waals surface area contributed by atoms with Crippen molar-refractivity contribution in [2.24, 2.45) is 0 Å². The predicted octanol–water partition coefficient (Wildman–Crippen LogP) is 3.49. The molecule has 3 aromatic rings. The Bertz CT molecular complexity index is 1590. The summed E-state index contributed by atoms with van der Waals surface area (Å²) in [6, 6.07) is 6.73. The molecular formula is C26H25F6N5O7S. The first kappa shape index (κ1) is 33.4. The molecule has 1 atom stereocenters. The van der Waals surface area contributed by atoms with Crippen LogP contribution in [-0.4, -0.2) is 81.2 Å². The number of aromatic nitrogens is 2. The van der Waals surface area contributed by atoms with E-state index in [0.29, 0.717) is 5.56 Å². The van der Waals surface area contributed by atoms with Crippen LogP contribution in [0.5, 0.6) is 23.3 Å². The molecular weight excluding hydrogens is 640 g/mol. The molecule has 2 heterocycles. The van der Waals surface area contributed by atoms with E-state index in [9.17, 15) is 39.6 Å². The lowest BCUT2D eigenvalue weighted by Crippen LogP contribution is -2.60. The first-order valence-corrected chi connectivity index (χ1v) is 14.2. The van der Waals surface area contributed by atoms with Crippen LogP contribution < -0.4 is 29.2 Å². The number of piperazine rings is 1. The molecule has 0 bridgehead atoms. The number of methoxy groups -OCH3 is 2. The fourth-order valence-electron chi connectivity index (χ4n) is 4.34. The van der Waals surface area contributed by atoms with E-state index >= 15 is 0 Å². The van der Waals surface area contributed by atoms with E-state index in [1.165, 1.54) is 32.5 Å². The molecule has 1 aliphatic heterocycles. The highest BCUT2D eigenvalue weighted by atomic mass is 32.2. The third-order valence-electron chi connectivity index (χ3n) is 6.34. The smallest absolute Gasteiger partial charge is 0.491 e. The van der Waals surface area contributed by atoms with E-state index in [2.05, 4.69) is 24.8 Å². The van der Waals surface area contributed by atoms with Gasteiger partial charge in [-0.3, -0.25) is 4.79 Å². The van der Waals surface area contributed by atoms with Crippen LogP contribution in [0.4, 0.5) is 32.2 Å². The monoisotopic (exact) mass is 665 g/mol. The SMILES string of the molecule is COc1ncc(OC)c(N2CCN(S(=O)(=O)c3ccc(OC(F)(F)F)cc3)C(C(=O)NCc3ccc(OC(F)(F)F)cc3)C2)n1. The first-order chi connectivity index (χ1) is 21.1. The number of ether oxygens (including phenoxy) is 4. The average Bonchev–Trinajstić information content (AvgIpc) is 2.98. The second-order valence-electron chi connectivity index (χ2n) is 9.26. The summed E-state index contributed by atoms with van der Waals surface area (Å²) in [5, 5.41) is 2.58. The van der Waals surface area contributed by atoms with Crippen molar-refractivity contribution in [3.05, 3.63) is 60.3 Å². The van der Waals surface area contributed by atoms with Crippen molar-refractivity contribution >= 4 is 21.7 Å². The third-order valence-corrected chi connectivity index (χ3v) is 8.26. The van der Waals surface area contributed by atoms with Crippen LogP contribution in [0.25, 0.3) is 0 Å². The first-order valence-electron chi connectivity index (χ1n) is 12.8. The molecule has 0 spiro atoms. The second kappa shape index (κ2) is 13.2. The van der Waals surface area contributed by atoms with Gasteiger partial charge in [0.1, 0.15) is 17.5 Å². The minimum atomic E-state index is -4.99. The molecule has 45 heavy (non-hydrogen) atoms. The molecule has 1 unspecified atom stereocenters. The van der Waals surface area contributed by atoms with Crippen molar-refractivity contribution in [1.82, 2.24) is 19.6 Å². The maximum Gasteiger partial charge on any atom is 0.573 e. The number of nitrogens with zero attached hydrogens (tertiary/aromatic N) is 4. The van der Waals surface area contributed by atoms with E-state index < -0.39 is 51.1 Å². The Balaban J connectivity index is 1.60. The molecule has 12 nitrogen and oxygen atoms in total. The zero-order valence-electron chi connectivity index (χ0n) is 23.4. The van der Waals surface area contributed by atoms with Crippen LogP contribution in [0.1, 0.15) is 5.56 Å². The second-order valence-corrected chi connectivity index (χ2v) is 11.1. The van der Waals surface area contributed by atoms with Crippen molar-refractivity contribution < 1.29 is 58.5 Å². The summed E-state index contributed by atoms with van der Waals surface area (Å²) in [5.74, 6) is -1.49. The molecule has 1 amide bonds. The zero-order valence-corrected chi connectivity index (χ0v) is 24.2. The van der Waals surface area contributed by atoms with Gasteiger partial charge in [-0.05, 0) is 42.0 Å². The van der Waals surface area contributed by atoms with Gasteiger partial charge in [0.05, 0.1) is 25.3 Å². The van der Waals surface area contributed by atoms with E-state index in [1.807, 2.05) is 0 Å². The standard InChI is InChI=1S/C26H25F6N5O7S/c1-41-21-14-34-24(42-2)35-22(21)36-11-12-37(45(39,40)19-9-7-18(8-10-19)44-26(30,31)32)20(15-36)23(38)33-13-16-3-5-17(6-4-16)43-25(27,28)29/h3-10,14,20H,11-13,15H2,1-2H3,(H,33,38). The lowest BCUT2D eigenvalue weighted by molar-refractivity contribution is -0.275. The Morgan fingerprint density at radius 2 is 1.49 bits per heavy atom. The van der Waals surface area contributed by atoms with Gasteiger partial charge < -0.3 is 29.2 Å². The molecule has 1 N–H and O–H groups in total. The number of anilines is 1. The lowest BCUT2D eigenvalue weighted by atomic mass is 10.1. The number of hydrogen-bond donors (Lipinski definition) is 1. The van der Waals surface area contributed by atoms with Gasteiger partial charge in [0.15, 0.2) is 11.6 Å². The molecule has 19 heteroatoms. The summed E-state index contributed by atoms with van der Waals surface area (Å²) in [6.07, 6.45) is -8.55. The summed E-state index contributed by atoms with van der Waals surface area (Å²) in [4.78, 5) is 22.9. The van der Waals surface area contributed by atoms with Crippen molar-refractivity contribution in [1.29, 1.82) is 0 Å². The Hall–Kier alpha value is -4.52. The van der Waals surface area contributed by atoms with Gasteiger partial charge in [-0.1, -0.05) is 12.1 Å². The highest BCUT2D eigenvalue weighted by Crippen LogP contribution is 2.32. The highest BCUT2D eigenvalue weighted by molar-refractivity contribution is 7.89. The van der Waals surface area contributed by atoms with Gasteiger partial charge in [-0.15, -0.1) is 26.3 Å². The maximum atomic E-state index is 13.7. The molecule has 0 aliphatic carbocycles. The molecule has 244 valence electrons. The maximum absolute atomic E-state index is 13.7. The lowest BCUT2D eigenvalue weighted by Gasteiger charge is -2.40. The normalized spacial score (nSPS) is 16.2. The van der Waals surface area contributed by atoms with Crippen molar-refractivity contribution in [3.8, 4) is 23.3 Å². The Morgan fingerprint density at radius 1 is 0.911 bits per heavy atom. The highest BCUT2D eigenvalue weighted by Gasteiger charge is 2.41. The van der Waals surface area contributed by atoms with Crippen LogP contribution in [0.3, 0.4) is 0 Å². The minimum absolute atomic E-state index is 0.00940. The Kier molecular flexibility index (Phi) is 9.81. The Morgan fingerprint density at radius 3 is 2.02 bits per heavy atom. The van der Waals surface area contributed by atoms with E-state index in [-0.39, 0.29) is 43.8 Å². The van der Waals surface area contributed by atoms with Crippen LogP contribution in [0, 0.1) is 0 Å². The number of carbonyl (C=O) groups excluding carboxylic acids is 1. The number of carbonyl (C=O) groups is 1. The Labute approximate surface area is 252 Å². The molecule has 1 aliphatic rings. The van der Waals surface area contributed by atoms with Gasteiger partial charge in [0, 0.05) is 26.2 Å². The van der Waals surface area contributed by atoms with E-state index in [4.69, 9.17) is 9.47 Å². The van der Waals surface area contributed by atoms with E-state index in [1.54, 1.807) is 4.90 Å². The number of benzene rings is 2. The van der Waals surface area contributed by atoms with Gasteiger partial charge in [0.2, 0.25) is 15.9 Å². The topological polar surface area (TPSA) is 132 Å². The summed E-state index contributed by atoms with van der Waals surface area (Å²) in [6.45, 7) is -0.700. The average molecular weight is 666 g/mol. The van der Waals surface area contributed by atoms with Crippen molar-refractivity contribution in [3.63, 3.8) is 0 Å². The van der Waals surface area contributed by atoms with E-state index in [0.717, 1.165) is 40.7 Å². The van der Waals surface area contributed by atoms with Crippen LogP contribution in [-0.2, 0) is 21.4 Å². The minimum Gasteiger partial charge on any atom is -0.491 e. The van der Waals surface area contributed by atoms with Crippen molar-refractivity contribution in [2.75, 3.05) is 38.8 Å². The number of nitrogens with one attached hydrogen (secondary N) is 1. The third kappa shape index (κ3) is 8.56. The summed E-state index contributed by atoms with van der Waals surface area (Å²) in [5.41, 5.74) is 0.377. The van der Waals surface area contributed by atoms with Crippen molar-refractivity contribution in [2.45, 2.75) is 30.2 Å². The van der Waals surface area contributed by atoms with Crippen LogP contribution >= 0.6 is 0 Å². The van der Waals surface area contributed by atoms with Crippen LogP contribution in [0.15, 0.2) is 59.6 Å². The zero-order chi connectivity index (χ0) is 33.0. The van der Waals surface area contributed by atoms with Gasteiger partial charge in [-0.25, -0.2) is 8.42 Å². The van der Waals surface area contributed by atoms with Gasteiger partial charge in [0.25, 0.3) is 0 Å².